The summed E-state index contributed by atoms with van der Waals surface area (Å²) in [4.78, 5) is 22.3. The van der Waals surface area contributed by atoms with Crippen molar-refractivity contribution in [1.29, 1.82) is 0 Å². The first kappa shape index (κ1) is 23.0. The Kier molecular flexibility index (Phi) is 7.87. The van der Waals surface area contributed by atoms with Crippen LogP contribution in [0.1, 0.15) is 38.1 Å². The van der Waals surface area contributed by atoms with Crippen molar-refractivity contribution >= 4 is 32.6 Å². The number of benzene rings is 2. The number of aromatic nitrogens is 1. The van der Waals surface area contributed by atoms with Gasteiger partial charge in [0.05, 0.1) is 23.4 Å². The lowest BCUT2D eigenvalue weighted by molar-refractivity contribution is 0.0983. The molecule has 1 heterocycles. The smallest absolute Gasteiger partial charge is 0.260 e. The molecule has 0 aliphatic carbocycles. The van der Waals surface area contributed by atoms with Gasteiger partial charge in [-0.25, -0.2) is 4.98 Å². The second kappa shape index (κ2) is 10.6. The van der Waals surface area contributed by atoms with Crippen LogP contribution in [0.2, 0.25) is 0 Å². The third-order valence-electron chi connectivity index (χ3n) is 5.07. The lowest BCUT2D eigenvalue weighted by atomic mass is 10.2. The van der Waals surface area contributed by atoms with Crippen LogP contribution in [0.5, 0.6) is 11.5 Å². The molecular weight excluding hydrogens is 410 g/mol. The number of methoxy groups -OCH3 is 1. The summed E-state index contributed by atoms with van der Waals surface area (Å²) in [5.41, 5.74) is 1.48. The summed E-state index contributed by atoms with van der Waals surface area (Å²) in [6.07, 6.45) is 0.0897. The number of ether oxygens (including phenoxy) is 2. The highest BCUT2D eigenvalue weighted by atomic mass is 32.1. The number of hydrogen-bond donors (Lipinski definition) is 0. The van der Waals surface area contributed by atoms with Gasteiger partial charge in [0.2, 0.25) is 0 Å². The molecule has 31 heavy (non-hydrogen) atoms. The van der Waals surface area contributed by atoms with Crippen LogP contribution in [0.4, 0.5) is 5.13 Å². The first-order valence-corrected chi connectivity index (χ1v) is 11.5. The Hall–Kier alpha value is -2.64. The average molecular weight is 442 g/mol. The Morgan fingerprint density at radius 2 is 1.71 bits per heavy atom. The zero-order valence-corrected chi connectivity index (χ0v) is 19.7. The van der Waals surface area contributed by atoms with Gasteiger partial charge in [0.1, 0.15) is 11.5 Å². The van der Waals surface area contributed by atoms with Gasteiger partial charge in [0.25, 0.3) is 5.91 Å². The molecule has 0 unspecified atom stereocenters. The summed E-state index contributed by atoms with van der Waals surface area (Å²) in [5, 5.41) is 0.697. The minimum Gasteiger partial charge on any atom is -0.497 e. The number of rotatable bonds is 10. The molecule has 3 rings (SSSR count). The Balaban J connectivity index is 1.91. The number of amides is 1. The van der Waals surface area contributed by atoms with E-state index in [2.05, 4.69) is 18.7 Å². The highest BCUT2D eigenvalue weighted by Gasteiger charge is 2.22. The van der Waals surface area contributed by atoms with Crippen molar-refractivity contribution in [3.05, 3.63) is 48.0 Å². The van der Waals surface area contributed by atoms with Crippen molar-refractivity contribution in [3.8, 4) is 11.5 Å². The summed E-state index contributed by atoms with van der Waals surface area (Å²) >= 11 is 1.51. The van der Waals surface area contributed by atoms with Gasteiger partial charge in [-0.05, 0) is 69.4 Å². The quantitative estimate of drug-likeness (QED) is 0.439. The highest BCUT2D eigenvalue weighted by Crippen LogP contribution is 2.32. The van der Waals surface area contributed by atoms with E-state index in [9.17, 15) is 4.79 Å². The normalized spacial score (nSPS) is 11.3. The summed E-state index contributed by atoms with van der Waals surface area (Å²) < 4.78 is 12.0. The molecule has 0 spiro atoms. The van der Waals surface area contributed by atoms with Crippen molar-refractivity contribution in [1.82, 2.24) is 9.88 Å². The van der Waals surface area contributed by atoms with Gasteiger partial charge in [-0.3, -0.25) is 9.69 Å². The molecular formula is C24H31N3O3S. The third-order valence-corrected chi connectivity index (χ3v) is 6.11. The number of thiazole rings is 1. The molecule has 0 aliphatic rings. The fourth-order valence-electron chi connectivity index (χ4n) is 3.30. The predicted molar refractivity (Wildman–Crippen MR) is 128 cm³/mol. The molecule has 0 N–H and O–H groups in total. The Morgan fingerprint density at radius 3 is 2.32 bits per heavy atom. The molecule has 0 saturated heterocycles. The molecule has 1 aromatic heterocycles. The van der Waals surface area contributed by atoms with Crippen LogP contribution in [-0.2, 0) is 0 Å². The summed E-state index contributed by atoms with van der Waals surface area (Å²) in [7, 11) is 1.65. The SMILES string of the molecule is CCN(CC)CCN(C(=O)c1ccc(OC(C)C)cc1)c1nc2ccc(OC)cc2s1. The molecule has 0 aliphatic heterocycles. The van der Waals surface area contributed by atoms with Crippen LogP contribution in [0, 0.1) is 0 Å². The standard InChI is InChI=1S/C24H31N3O3S/c1-6-26(7-2)14-15-27(23(28)18-8-10-19(11-9-18)30-17(3)4)24-25-21-13-12-20(29-5)16-22(21)31-24/h8-13,16-17H,6-7,14-15H2,1-5H3. The number of nitrogens with zero attached hydrogens (tertiary/aromatic N) is 3. The first-order chi connectivity index (χ1) is 14.9. The van der Waals surface area contributed by atoms with Crippen LogP contribution in [0.3, 0.4) is 0 Å². The van der Waals surface area contributed by atoms with E-state index in [0.29, 0.717) is 17.2 Å². The van der Waals surface area contributed by atoms with E-state index in [-0.39, 0.29) is 12.0 Å². The van der Waals surface area contributed by atoms with Crippen LogP contribution in [-0.4, -0.2) is 55.2 Å². The lowest BCUT2D eigenvalue weighted by Crippen LogP contribution is -2.38. The Morgan fingerprint density at radius 1 is 1.03 bits per heavy atom. The van der Waals surface area contributed by atoms with E-state index in [4.69, 9.17) is 14.5 Å². The van der Waals surface area contributed by atoms with Crippen LogP contribution >= 0.6 is 11.3 Å². The first-order valence-electron chi connectivity index (χ1n) is 10.7. The van der Waals surface area contributed by atoms with Crippen molar-refractivity contribution in [3.63, 3.8) is 0 Å². The van der Waals surface area contributed by atoms with Gasteiger partial charge in [-0.1, -0.05) is 25.2 Å². The van der Waals surface area contributed by atoms with Crippen LogP contribution in [0.25, 0.3) is 10.2 Å². The molecule has 0 fully saturated rings. The summed E-state index contributed by atoms with van der Waals surface area (Å²) in [6.45, 7) is 11.5. The fourth-order valence-corrected chi connectivity index (χ4v) is 4.32. The maximum Gasteiger partial charge on any atom is 0.260 e. The van der Waals surface area contributed by atoms with Crippen molar-refractivity contribution in [2.24, 2.45) is 0 Å². The summed E-state index contributed by atoms with van der Waals surface area (Å²) in [6, 6.07) is 13.1. The second-order valence-corrected chi connectivity index (χ2v) is 8.51. The second-order valence-electron chi connectivity index (χ2n) is 7.50. The minimum atomic E-state index is -0.0609. The maximum atomic E-state index is 13.5. The topological polar surface area (TPSA) is 54.9 Å². The average Bonchev–Trinajstić information content (AvgIpc) is 3.19. The zero-order valence-electron chi connectivity index (χ0n) is 18.9. The lowest BCUT2D eigenvalue weighted by Gasteiger charge is -2.24. The number of likely N-dealkylation sites (N-methyl/N-ethyl adjacent to an activating group) is 1. The molecule has 0 radical (unpaired) electrons. The van der Waals surface area contributed by atoms with E-state index >= 15 is 0 Å². The number of carbonyl (C=O) groups is 1. The monoisotopic (exact) mass is 441 g/mol. The maximum absolute atomic E-state index is 13.5. The van der Waals surface area contributed by atoms with Gasteiger partial charge in [-0.2, -0.15) is 0 Å². The molecule has 2 aromatic carbocycles. The van der Waals surface area contributed by atoms with Gasteiger partial charge >= 0.3 is 0 Å². The van der Waals surface area contributed by atoms with E-state index in [0.717, 1.165) is 41.3 Å². The molecule has 166 valence electrons. The zero-order chi connectivity index (χ0) is 22.4. The number of anilines is 1. The molecule has 0 atom stereocenters. The number of hydrogen-bond acceptors (Lipinski definition) is 6. The minimum absolute atomic E-state index is 0.0609. The van der Waals surface area contributed by atoms with Gasteiger partial charge in [-0.15, -0.1) is 0 Å². The Bertz CT molecular complexity index is 997. The predicted octanol–water partition coefficient (Wildman–Crippen LogP) is 5.08. The number of fused-ring (bicyclic) bond motifs is 1. The van der Waals surface area contributed by atoms with E-state index in [1.165, 1.54) is 11.3 Å². The largest absolute Gasteiger partial charge is 0.497 e. The van der Waals surface area contributed by atoms with Gasteiger partial charge in [0.15, 0.2) is 5.13 Å². The van der Waals surface area contributed by atoms with Crippen molar-refractivity contribution < 1.29 is 14.3 Å². The van der Waals surface area contributed by atoms with Crippen molar-refractivity contribution in [2.75, 3.05) is 38.2 Å². The highest BCUT2D eigenvalue weighted by molar-refractivity contribution is 7.22. The molecule has 1 amide bonds. The van der Waals surface area contributed by atoms with E-state index in [1.54, 1.807) is 12.0 Å². The molecule has 7 heteroatoms. The molecule has 0 bridgehead atoms. The van der Waals surface area contributed by atoms with E-state index in [1.807, 2.05) is 56.3 Å². The van der Waals surface area contributed by atoms with Gasteiger partial charge in [0, 0.05) is 18.7 Å². The third kappa shape index (κ3) is 5.74. The van der Waals surface area contributed by atoms with Gasteiger partial charge < -0.3 is 14.4 Å². The van der Waals surface area contributed by atoms with Crippen LogP contribution < -0.4 is 14.4 Å². The molecule has 3 aromatic rings. The molecule has 6 nitrogen and oxygen atoms in total. The molecule has 0 saturated carbocycles. The Labute approximate surface area is 188 Å². The number of carbonyl (C=O) groups excluding carboxylic acids is 1. The summed E-state index contributed by atoms with van der Waals surface area (Å²) in [5.74, 6) is 1.48. The van der Waals surface area contributed by atoms with Crippen molar-refractivity contribution in [2.45, 2.75) is 33.8 Å². The van der Waals surface area contributed by atoms with E-state index < -0.39 is 0 Å². The fraction of sp³-hybridized carbons (Fsp3) is 0.417. The van der Waals surface area contributed by atoms with Crippen LogP contribution in [0.15, 0.2) is 42.5 Å².